The average molecular weight is 391 g/mol. The van der Waals surface area contributed by atoms with Gasteiger partial charge in [0.05, 0.1) is 5.92 Å². The van der Waals surface area contributed by atoms with E-state index in [4.69, 9.17) is 4.42 Å². The Morgan fingerprint density at radius 2 is 1.90 bits per heavy atom. The Morgan fingerprint density at radius 3 is 2.59 bits per heavy atom. The van der Waals surface area contributed by atoms with Crippen molar-refractivity contribution in [2.45, 2.75) is 12.8 Å². The number of carbonyl (C=O) groups is 2. The quantitative estimate of drug-likeness (QED) is 0.714. The number of amides is 2. The van der Waals surface area contributed by atoms with Crippen molar-refractivity contribution >= 4 is 11.8 Å². The lowest BCUT2D eigenvalue weighted by atomic mass is 9.96. The number of pyridine rings is 1. The van der Waals surface area contributed by atoms with Gasteiger partial charge in [-0.2, -0.15) is 0 Å². The number of likely N-dealkylation sites (tertiary alicyclic amines) is 1. The highest BCUT2D eigenvalue weighted by Crippen LogP contribution is 2.32. The van der Waals surface area contributed by atoms with Crippen LogP contribution in [0, 0.1) is 12.8 Å². The highest BCUT2D eigenvalue weighted by molar-refractivity contribution is 5.94. The first-order valence-corrected chi connectivity index (χ1v) is 9.45. The van der Waals surface area contributed by atoms with Crippen LogP contribution < -0.4 is 5.32 Å². The van der Waals surface area contributed by atoms with Crippen molar-refractivity contribution in [2.75, 3.05) is 19.6 Å². The molecular formula is C21H21N5O3. The predicted molar refractivity (Wildman–Crippen MR) is 104 cm³/mol. The first-order chi connectivity index (χ1) is 14.1. The van der Waals surface area contributed by atoms with Crippen LogP contribution in [0.2, 0.25) is 0 Å². The molecule has 1 fully saturated rings. The maximum atomic E-state index is 12.8. The van der Waals surface area contributed by atoms with Gasteiger partial charge in [-0.1, -0.05) is 24.3 Å². The molecule has 8 nitrogen and oxygen atoms in total. The van der Waals surface area contributed by atoms with Crippen LogP contribution in [-0.2, 0) is 0 Å². The zero-order valence-electron chi connectivity index (χ0n) is 16.0. The van der Waals surface area contributed by atoms with E-state index in [2.05, 4.69) is 20.5 Å². The Bertz CT molecular complexity index is 990. The molecule has 1 aliphatic rings. The Hall–Kier alpha value is -3.55. The van der Waals surface area contributed by atoms with E-state index in [-0.39, 0.29) is 23.7 Å². The Labute approximate surface area is 168 Å². The van der Waals surface area contributed by atoms with Crippen LogP contribution >= 0.6 is 0 Å². The molecule has 1 aliphatic heterocycles. The minimum absolute atomic E-state index is 0.0461. The summed E-state index contributed by atoms with van der Waals surface area (Å²) in [6, 6.07) is 14.3. The molecule has 2 aromatic heterocycles. The summed E-state index contributed by atoms with van der Waals surface area (Å²) in [6.45, 7) is 3.03. The van der Waals surface area contributed by atoms with Gasteiger partial charge < -0.3 is 14.6 Å². The summed E-state index contributed by atoms with van der Waals surface area (Å²) in [5.41, 5.74) is 0.985. The van der Waals surface area contributed by atoms with Gasteiger partial charge in [-0.05, 0) is 24.3 Å². The number of hydrogen-bond acceptors (Lipinski definition) is 6. The van der Waals surface area contributed by atoms with Crippen molar-refractivity contribution in [3.63, 3.8) is 0 Å². The normalized spacial score (nSPS) is 18.6. The Balaban J connectivity index is 1.50. The third-order valence-corrected chi connectivity index (χ3v) is 5.03. The Morgan fingerprint density at radius 1 is 1.10 bits per heavy atom. The fourth-order valence-corrected chi connectivity index (χ4v) is 3.55. The van der Waals surface area contributed by atoms with E-state index in [0.29, 0.717) is 42.7 Å². The molecule has 3 heterocycles. The molecule has 148 valence electrons. The minimum Gasteiger partial charge on any atom is -0.425 e. The molecule has 1 aromatic carbocycles. The number of rotatable bonds is 5. The summed E-state index contributed by atoms with van der Waals surface area (Å²) in [7, 11) is 0. The lowest BCUT2D eigenvalue weighted by Gasteiger charge is -2.16. The SMILES string of the molecule is Cc1nnc([C@H]2CN(C(=O)c3ccccn3)C[C@@H]2CNC(=O)c2ccccc2)o1. The predicted octanol–water partition coefficient (Wildman–Crippen LogP) is 2.06. The van der Waals surface area contributed by atoms with Gasteiger partial charge in [0.2, 0.25) is 11.8 Å². The van der Waals surface area contributed by atoms with E-state index in [1.165, 1.54) is 0 Å². The summed E-state index contributed by atoms with van der Waals surface area (Å²) in [5.74, 6) is 0.457. The van der Waals surface area contributed by atoms with Crippen LogP contribution in [0.25, 0.3) is 0 Å². The second-order valence-electron chi connectivity index (χ2n) is 7.03. The van der Waals surface area contributed by atoms with Gasteiger partial charge in [-0.3, -0.25) is 14.6 Å². The summed E-state index contributed by atoms with van der Waals surface area (Å²) >= 11 is 0. The molecule has 8 heteroatoms. The smallest absolute Gasteiger partial charge is 0.272 e. The van der Waals surface area contributed by atoms with Crippen molar-refractivity contribution in [3.05, 3.63) is 77.8 Å². The number of hydrogen-bond donors (Lipinski definition) is 1. The van der Waals surface area contributed by atoms with Crippen molar-refractivity contribution in [1.29, 1.82) is 0 Å². The van der Waals surface area contributed by atoms with Crippen LogP contribution in [0.5, 0.6) is 0 Å². The molecular weight excluding hydrogens is 370 g/mol. The molecule has 0 bridgehead atoms. The topological polar surface area (TPSA) is 101 Å². The third kappa shape index (κ3) is 4.16. The van der Waals surface area contributed by atoms with E-state index in [0.717, 1.165) is 0 Å². The number of nitrogens with zero attached hydrogens (tertiary/aromatic N) is 4. The van der Waals surface area contributed by atoms with Gasteiger partial charge >= 0.3 is 0 Å². The zero-order chi connectivity index (χ0) is 20.2. The third-order valence-electron chi connectivity index (χ3n) is 5.03. The molecule has 29 heavy (non-hydrogen) atoms. The van der Waals surface area contributed by atoms with Gasteiger partial charge in [0.25, 0.3) is 11.8 Å². The fourth-order valence-electron chi connectivity index (χ4n) is 3.55. The molecule has 0 radical (unpaired) electrons. The van der Waals surface area contributed by atoms with E-state index < -0.39 is 0 Å². The largest absolute Gasteiger partial charge is 0.425 e. The van der Waals surface area contributed by atoms with Crippen LogP contribution in [-0.4, -0.2) is 51.5 Å². The van der Waals surface area contributed by atoms with E-state index >= 15 is 0 Å². The molecule has 1 saturated heterocycles. The van der Waals surface area contributed by atoms with Crippen LogP contribution in [0.4, 0.5) is 0 Å². The van der Waals surface area contributed by atoms with Crippen molar-refractivity contribution in [1.82, 2.24) is 25.4 Å². The second-order valence-corrected chi connectivity index (χ2v) is 7.03. The van der Waals surface area contributed by atoms with E-state index in [9.17, 15) is 9.59 Å². The molecule has 4 rings (SSSR count). The number of carbonyl (C=O) groups excluding carboxylic acids is 2. The lowest BCUT2D eigenvalue weighted by molar-refractivity contribution is 0.0779. The molecule has 3 aromatic rings. The summed E-state index contributed by atoms with van der Waals surface area (Å²) in [4.78, 5) is 31.2. The van der Waals surface area contributed by atoms with Gasteiger partial charge in [-0.15, -0.1) is 10.2 Å². The minimum atomic E-state index is -0.153. The summed E-state index contributed by atoms with van der Waals surface area (Å²) in [5, 5.41) is 11.0. The number of benzene rings is 1. The lowest BCUT2D eigenvalue weighted by Crippen LogP contribution is -2.33. The van der Waals surface area contributed by atoms with Crippen LogP contribution in [0.3, 0.4) is 0 Å². The number of aromatic nitrogens is 3. The number of nitrogens with one attached hydrogen (secondary N) is 1. The van der Waals surface area contributed by atoms with Gasteiger partial charge in [-0.25, -0.2) is 0 Å². The van der Waals surface area contributed by atoms with Crippen molar-refractivity contribution in [2.24, 2.45) is 5.92 Å². The highest BCUT2D eigenvalue weighted by atomic mass is 16.4. The van der Waals surface area contributed by atoms with E-state index in [1.54, 1.807) is 48.4 Å². The first kappa shape index (κ1) is 18.8. The second kappa shape index (κ2) is 8.22. The van der Waals surface area contributed by atoms with Crippen LogP contribution in [0.15, 0.2) is 59.1 Å². The first-order valence-electron chi connectivity index (χ1n) is 9.45. The molecule has 0 saturated carbocycles. The molecule has 2 amide bonds. The highest BCUT2D eigenvalue weighted by Gasteiger charge is 2.39. The van der Waals surface area contributed by atoms with Crippen LogP contribution in [0.1, 0.15) is 38.5 Å². The molecule has 2 atom stereocenters. The summed E-state index contributed by atoms with van der Waals surface area (Å²) in [6.07, 6.45) is 1.60. The monoisotopic (exact) mass is 391 g/mol. The number of aryl methyl sites for hydroxylation is 1. The van der Waals surface area contributed by atoms with Gasteiger partial charge in [0.15, 0.2) is 0 Å². The van der Waals surface area contributed by atoms with Crippen molar-refractivity contribution < 1.29 is 14.0 Å². The van der Waals surface area contributed by atoms with Crippen molar-refractivity contribution in [3.8, 4) is 0 Å². The van der Waals surface area contributed by atoms with E-state index in [1.807, 2.05) is 18.2 Å². The fraction of sp³-hybridized carbons (Fsp3) is 0.286. The molecule has 0 spiro atoms. The molecule has 1 N–H and O–H groups in total. The maximum Gasteiger partial charge on any atom is 0.272 e. The zero-order valence-corrected chi connectivity index (χ0v) is 16.0. The maximum absolute atomic E-state index is 12.8. The molecule has 0 aliphatic carbocycles. The summed E-state index contributed by atoms with van der Waals surface area (Å²) < 4.78 is 5.63. The molecule has 0 unspecified atom stereocenters. The average Bonchev–Trinajstić information content (AvgIpc) is 3.39. The van der Waals surface area contributed by atoms with Gasteiger partial charge in [0.1, 0.15) is 5.69 Å². The van der Waals surface area contributed by atoms with Gasteiger partial charge in [0, 0.05) is 44.2 Å². The standard InChI is InChI=1S/C21H21N5O3/c1-14-24-25-20(29-14)17-13-26(21(28)18-9-5-6-10-22-18)12-16(17)11-23-19(27)15-7-3-2-4-8-15/h2-10,16-17H,11-13H2,1H3,(H,23,27)/t16-,17-/m0/s1. The Kier molecular flexibility index (Phi) is 5.33.